The van der Waals surface area contributed by atoms with Gasteiger partial charge in [-0.1, -0.05) is 0 Å². The van der Waals surface area contributed by atoms with E-state index in [0.717, 1.165) is 0 Å². The number of benzene rings is 1. The molecule has 5 heteroatoms. The molecule has 0 amide bonds. The summed E-state index contributed by atoms with van der Waals surface area (Å²) in [6, 6.07) is 2.89. The Morgan fingerprint density at radius 2 is 1.94 bits per heavy atom. The smallest absolute Gasteiger partial charge is 0.310 e. The monoisotopic (exact) mass is 226 g/mol. The largest absolute Gasteiger partial charge is 0.507 e. The van der Waals surface area contributed by atoms with E-state index in [1.807, 2.05) is 0 Å². The minimum absolute atomic E-state index is 0.147. The number of phenols is 1. The third-order valence-corrected chi connectivity index (χ3v) is 2.35. The number of methoxy groups -OCH3 is 2. The number of carboxylic acids is 1. The predicted molar refractivity (Wildman–Crippen MR) is 57.3 cm³/mol. The summed E-state index contributed by atoms with van der Waals surface area (Å²) >= 11 is 0. The van der Waals surface area contributed by atoms with Crippen LogP contribution in [0.2, 0.25) is 0 Å². The molecule has 2 N–H and O–H groups in total. The third-order valence-electron chi connectivity index (χ3n) is 2.35. The van der Waals surface area contributed by atoms with Gasteiger partial charge in [0.15, 0.2) is 0 Å². The molecule has 0 fully saturated rings. The van der Waals surface area contributed by atoms with E-state index in [0.29, 0.717) is 11.5 Å². The third kappa shape index (κ3) is 2.18. The summed E-state index contributed by atoms with van der Waals surface area (Å²) in [4.78, 5) is 10.9. The summed E-state index contributed by atoms with van der Waals surface area (Å²) < 4.78 is 9.98. The SMILES string of the molecule is COc1cc(O)c(C(C)C(=O)O)c(OC)c1. The molecular formula is C11H14O5. The van der Waals surface area contributed by atoms with Crippen LogP contribution in [-0.4, -0.2) is 30.4 Å². The molecule has 0 radical (unpaired) electrons. The fraction of sp³-hybridized carbons (Fsp3) is 0.364. The van der Waals surface area contributed by atoms with Crippen LogP contribution < -0.4 is 9.47 Å². The number of hydrogen-bond acceptors (Lipinski definition) is 4. The van der Waals surface area contributed by atoms with E-state index < -0.39 is 11.9 Å². The van der Waals surface area contributed by atoms with E-state index in [9.17, 15) is 9.90 Å². The lowest BCUT2D eigenvalue weighted by Crippen LogP contribution is -2.09. The predicted octanol–water partition coefficient (Wildman–Crippen LogP) is 1.60. The first-order valence-corrected chi connectivity index (χ1v) is 4.69. The van der Waals surface area contributed by atoms with Crippen LogP contribution in [0.4, 0.5) is 0 Å². The second-order valence-electron chi connectivity index (χ2n) is 3.32. The Kier molecular flexibility index (Phi) is 3.60. The quantitative estimate of drug-likeness (QED) is 0.815. The van der Waals surface area contributed by atoms with Crippen LogP contribution >= 0.6 is 0 Å². The van der Waals surface area contributed by atoms with Crippen molar-refractivity contribution >= 4 is 5.97 Å². The highest BCUT2D eigenvalue weighted by Crippen LogP contribution is 2.38. The second kappa shape index (κ2) is 4.74. The summed E-state index contributed by atoms with van der Waals surface area (Å²) in [6.45, 7) is 1.48. The topological polar surface area (TPSA) is 76.0 Å². The number of carboxylic acid groups (broad SMARTS) is 1. The molecule has 0 aromatic heterocycles. The van der Waals surface area contributed by atoms with Crippen LogP contribution in [0.25, 0.3) is 0 Å². The molecule has 0 saturated heterocycles. The molecule has 0 bridgehead atoms. The highest BCUT2D eigenvalue weighted by atomic mass is 16.5. The number of ether oxygens (including phenoxy) is 2. The highest BCUT2D eigenvalue weighted by Gasteiger charge is 2.23. The Bertz CT molecular complexity index is 400. The van der Waals surface area contributed by atoms with Gasteiger partial charge in [0.2, 0.25) is 0 Å². The molecule has 0 aliphatic rings. The van der Waals surface area contributed by atoms with Crippen molar-refractivity contribution in [1.29, 1.82) is 0 Å². The van der Waals surface area contributed by atoms with E-state index in [2.05, 4.69) is 0 Å². The van der Waals surface area contributed by atoms with Crippen LogP contribution in [0, 0.1) is 0 Å². The zero-order valence-corrected chi connectivity index (χ0v) is 9.35. The molecule has 0 saturated carbocycles. The average Bonchev–Trinajstić information content (AvgIpc) is 2.26. The zero-order valence-electron chi connectivity index (χ0n) is 9.35. The van der Waals surface area contributed by atoms with E-state index in [1.54, 1.807) is 0 Å². The zero-order chi connectivity index (χ0) is 12.3. The molecular weight excluding hydrogens is 212 g/mol. The Hall–Kier alpha value is -1.91. The number of aliphatic carboxylic acids is 1. The van der Waals surface area contributed by atoms with Crippen LogP contribution in [0.3, 0.4) is 0 Å². The Morgan fingerprint density at radius 3 is 2.38 bits per heavy atom. The van der Waals surface area contributed by atoms with Crippen molar-refractivity contribution in [2.24, 2.45) is 0 Å². The van der Waals surface area contributed by atoms with Gasteiger partial charge in [0, 0.05) is 12.1 Å². The Balaban J connectivity index is 3.31. The van der Waals surface area contributed by atoms with Gasteiger partial charge in [-0.15, -0.1) is 0 Å². The molecule has 5 nitrogen and oxygen atoms in total. The summed E-state index contributed by atoms with van der Waals surface area (Å²) in [5, 5.41) is 18.6. The number of aromatic hydroxyl groups is 1. The fourth-order valence-electron chi connectivity index (χ4n) is 1.43. The maximum atomic E-state index is 10.9. The van der Waals surface area contributed by atoms with Crippen LogP contribution in [0.1, 0.15) is 18.4 Å². The first-order chi connectivity index (χ1) is 7.51. The molecule has 1 atom stereocenters. The maximum Gasteiger partial charge on any atom is 0.310 e. The van der Waals surface area contributed by atoms with Gasteiger partial charge >= 0.3 is 5.97 Å². The van der Waals surface area contributed by atoms with Crippen molar-refractivity contribution in [3.63, 3.8) is 0 Å². The normalized spacial score (nSPS) is 11.9. The molecule has 1 rings (SSSR count). The van der Waals surface area contributed by atoms with Crippen molar-refractivity contribution in [3.8, 4) is 17.2 Å². The molecule has 0 heterocycles. The van der Waals surface area contributed by atoms with Crippen molar-refractivity contribution in [2.75, 3.05) is 14.2 Å². The van der Waals surface area contributed by atoms with Gasteiger partial charge < -0.3 is 19.7 Å². The van der Waals surface area contributed by atoms with E-state index in [4.69, 9.17) is 14.6 Å². The molecule has 1 aromatic carbocycles. The van der Waals surface area contributed by atoms with Crippen molar-refractivity contribution in [2.45, 2.75) is 12.8 Å². The molecule has 88 valence electrons. The molecule has 0 aliphatic carbocycles. The van der Waals surface area contributed by atoms with Crippen LogP contribution in [0.15, 0.2) is 12.1 Å². The molecule has 1 unspecified atom stereocenters. The maximum absolute atomic E-state index is 10.9. The van der Waals surface area contributed by atoms with Crippen molar-refractivity contribution in [1.82, 2.24) is 0 Å². The lowest BCUT2D eigenvalue weighted by molar-refractivity contribution is -0.138. The molecule has 1 aromatic rings. The van der Waals surface area contributed by atoms with Gasteiger partial charge in [-0.25, -0.2) is 0 Å². The lowest BCUT2D eigenvalue weighted by atomic mass is 9.99. The Morgan fingerprint density at radius 1 is 1.31 bits per heavy atom. The van der Waals surface area contributed by atoms with Gasteiger partial charge in [-0.2, -0.15) is 0 Å². The minimum atomic E-state index is -1.03. The van der Waals surface area contributed by atoms with Crippen molar-refractivity contribution < 1.29 is 24.5 Å². The van der Waals surface area contributed by atoms with E-state index >= 15 is 0 Å². The summed E-state index contributed by atoms with van der Waals surface area (Å²) in [6.07, 6.45) is 0. The van der Waals surface area contributed by atoms with Crippen molar-refractivity contribution in [3.05, 3.63) is 17.7 Å². The van der Waals surface area contributed by atoms with E-state index in [1.165, 1.54) is 33.3 Å². The first kappa shape index (κ1) is 12.2. The number of phenolic OH excluding ortho intramolecular Hbond substituents is 1. The molecule has 0 spiro atoms. The van der Waals surface area contributed by atoms with Gasteiger partial charge in [0.05, 0.1) is 25.7 Å². The van der Waals surface area contributed by atoms with E-state index in [-0.39, 0.29) is 11.3 Å². The first-order valence-electron chi connectivity index (χ1n) is 4.69. The minimum Gasteiger partial charge on any atom is -0.507 e. The van der Waals surface area contributed by atoms with Gasteiger partial charge in [0.25, 0.3) is 0 Å². The Labute approximate surface area is 93.2 Å². The summed E-state index contributed by atoms with van der Waals surface area (Å²) in [7, 11) is 2.86. The fourth-order valence-corrected chi connectivity index (χ4v) is 1.43. The standard InChI is InChI=1S/C11H14O5/c1-6(11(13)14)10-8(12)4-7(15-2)5-9(10)16-3/h4-6,12H,1-3H3,(H,13,14). The summed E-state index contributed by atoms with van der Waals surface area (Å²) in [5.74, 6) is -1.31. The van der Waals surface area contributed by atoms with Crippen LogP contribution in [-0.2, 0) is 4.79 Å². The van der Waals surface area contributed by atoms with Gasteiger partial charge in [-0.3, -0.25) is 4.79 Å². The lowest BCUT2D eigenvalue weighted by Gasteiger charge is -2.15. The second-order valence-corrected chi connectivity index (χ2v) is 3.32. The highest BCUT2D eigenvalue weighted by molar-refractivity contribution is 5.78. The number of carbonyl (C=O) groups is 1. The number of hydrogen-bond donors (Lipinski definition) is 2. The molecule has 16 heavy (non-hydrogen) atoms. The average molecular weight is 226 g/mol. The summed E-state index contributed by atoms with van der Waals surface area (Å²) in [5.41, 5.74) is 0.246. The molecule has 0 aliphatic heterocycles. The number of rotatable bonds is 4. The van der Waals surface area contributed by atoms with Gasteiger partial charge in [0.1, 0.15) is 17.2 Å². The van der Waals surface area contributed by atoms with Crippen LogP contribution in [0.5, 0.6) is 17.2 Å². The van der Waals surface area contributed by atoms with Gasteiger partial charge in [-0.05, 0) is 6.92 Å².